The Morgan fingerprint density at radius 3 is 3.00 bits per heavy atom. The van der Waals surface area contributed by atoms with Crippen molar-refractivity contribution in [3.8, 4) is 6.07 Å². The molecule has 118 valence electrons. The molecular formula is C16H19N7. The largest absolute Gasteiger partial charge is 0.365 e. The fraction of sp³-hybridized carbons (Fsp3) is 0.375. The number of anilines is 3. The van der Waals surface area contributed by atoms with Gasteiger partial charge in [0.2, 0.25) is 0 Å². The summed E-state index contributed by atoms with van der Waals surface area (Å²) in [5, 5.41) is 12.7. The Labute approximate surface area is 135 Å². The normalized spacial score (nSPS) is 16.9. The molecule has 2 aromatic rings. The minimum atomic E-state index is 0.272. The van der Waals surface area contributed by atoms with Gasteiger partial charge in [0.1, 0.15) is 29.9 Å². The number of nitrogens with one attached hydrogen (secondary N) is 1. The lowest BCUT2D eigenvalue weighted by molar-refractivity contribution is 0.798. The van der Waals surface area contributed by atoms with Crippen LogP contribution in [0.1, 0.15) is 12.0 Å². The summed E-state index contributed by atoms with van der Waals surface area (Å²) in [6.45, 7) is 1.67. The van der Waals surface area contributed by atoms with E-state index in [-0.39, 0.29) is 6.04 Å². The van der Waals surface area contributed by atoms with Crippen molar-refractivity contribution in [3.63, 3.8) is 0 Å². The highest BCUT2D eigenvalue weighted by Crippen LogP contribution is 2.23. The summed E-state index contributed by atoms with van der Waals surface area (Å²) in [5.74, 6) is 2.45. The van der Waals surface area contributed by atoms with Crippen molar-refractivity contribution in [1.82, 2.24) is 15.0 Å². The minimum absolute atomic E-state index is 0.272. The summed E-state index contributed by atoms with van der Waals surface area (Å²) in [5.41, 5.74) is 0.616. The molecule has 0 bridgehead atoms. The molecule has 1 unspecified atom stereocenters. The van der Waals surface area contributed by atoms with Gasteiger partial charge >= 0.3 is 0 Å². The number of pyridine rings is 1. The van der Waals surface area contributed by atoms with Gasteiger partial charge in [0.15, 0.2) is 0 Å². The van der Waals surface area contributed by atoms with Crippen LogP contribution in [0.25, 0.3) is 0 Å². The summed E-state index contributed by atoms with van der Waals surface area (Å²) >= 11 is 0. The van der Waals surface area contributed by atoms with Gasteiger partial charge in [0.05, 0.1) is 5.56 Å². The van der Waals surface area contributed by atoms with E-state index in [1.54, 1.807) is 24.7 Å². The van der Waals surface area contributed by atoms with E-state index in [1.807, 2.05) is 25.1 Å². The third kappa shape index (κ3) is 3.31. The first kappa shape index (κ1) is 15.0. The van der Waals surface area contributed by atoms with Crippen LogP contribution in [0.4, 0.5) is 17.5 Å². The van der Waals surface area contributed by atoms with Crippen LogP contribution >= 0.6 is 0 Å². The molecule has 23 heavy (non-hydrogen) atoms. The summed E-state index contributed by atoms with van der Waals surface area (Å²) in [4.78, 5) is 16.9. The zero-order valence-corrected chi connectivity index (χ0v) is 13.3. The van der Waals surface area contributed by atoms with Crippen molar-refractivity contribution in [2.24, 2.45) is 0 Å². The van der Waals surface area contributed by atoms with E-state index in [0.29, 0.717) is 5.56 Å². The minimum Gasteiger partial charge on any atom is -0.365 e. The molecule has 0 saturated carbocycles. The Kier molecular flexibility index (Phi) is 4.24. The van der Waals surface area contributed by atoms with Crippen LogP contribution in [0.5, 0.6) is 0 Å². The van der Waals surface area contributed by atoms with Crippen molar-refractivity contribution < 1.29 is 0 Å². The smallest absolute Gasteiger partial charge is 0.146 e. The van der Waals surface area contributed by atoms with Gasteiger partial charge in [-0.15, -0.1) is 0 Å². The molecule has 0 aliphatic carbocycles. The number of hydrogen-bond acceptors (Lipinski definition) is 7. The zero-order valence-electron chi connectivity index (χ0n) is 13.3. The maximum atomic E-state index is 9.21. The monoisotopic (exact) mass is 309 g/mol. The molecule has 0 radical (unpaired) electrons. The summed E-state index contributed by atoms with van der Waals surface area (Å²) in [6.07, 6.45) is 4.27. The van der Waals surface area contributed by atoms with Gasteiger partial charge in [-0.1, -0.05) is 0 Å². The molecule has 0 spiro atoms. The summed E-state index contributed by atoms with van der Waals surface area (Å²) < 4.78 is 0. The molecule has 3 rings (SSSR count). The molecule has 1 N–H and O–H groups in total. The van der Waals surface area contributed by atoms with Gasteiger partial charge in [-0.2, -0.15) is 5.26 Å². The van der Waals surface area contributed by atoms with Crippen LogP contribution in [0.3, 0.4) is 0 Å². The third-order valence-corrected chi connectivity index (χ3v) is 3.86. The predicted molar refractivity (Wildman–Crippen MR) is 89.6 cm³/mol. The van der Waals surface area contributed by atoms with Gasteiger partial charge < -0.3 is 15.1 Å². The van der Waals surface area contributed by atoms with Gasteiger partial charge in [0, 0.05) is 45.5 Å². The standard InChI is InChI=1S/C16H19N7/c1-22(2)15-8-14(19-11-20-15)21-13-5-7-23(10-13)16-12(9-17)4-3-6-18-16/h3-4,6,8,11,13H,5,7,10H2,1-2H3,(H,19,20,21). The lowest BCUT2D eigenvalue weighted by atomic mass is 10.2. The molecule has 1 aliphatic heterocycles. The fourth-order valence-corrected chi connectivity index (χ4v) is 2.69. The van der Waals surface area contributed by atoms with Crippen molar-refractivity contribution in [2.75, 3.05) is 42.3 Å². The van der Waals surface area contributed by atoms with Crippen molar-refractivity contribution in [3.05, 3.63) is 36.3 Å². The number of aromatic nitrogens is 3. The summed E-state index contributed by atoms with van der Waals surface area (Å²) in [6, 6.07) is 8.00. The van der Waals surface area contributed by atoms with Crippen LogP contribution in [0, 0.1) is 11.3 Å². The van der Waals surface area contributed by atoms with Crippen LogP contribution in [0.15, 0.2) is 30.7 Å². The second-order valence-corrected chi connectivity index (χ2v) is 5.72. The maximum Gasteiger partial charge on any atom is 0.146 e. The van der Waals surface area contributed by atoms with E-state index in [1.165, 1.54) is 0 Å². The van der Waals surface area contributed by atoms with Crippen LogP contribution in [-0.2, 0) is 0 Å². The van der Waals surface area contributed by atoms with Crippen molar-refractivity contribution in [2.45, 2.75) is 12.5 Å². The molecule has 0 aromatic carbocycles. The second-order valence-electron chi connectivity index (χ2n) is 5.72. The molecule has 3 heterocycles. The average Bonchev–Trinajstić information content (AvgIpc) is 3.03. The number of hydrogen-bond donors (Lipinski definition) is 1. The second kappa shape index (κ2) is 6.48. The molecule has 1 saturated heterocycles. The highest BCUT2D eigenvalue weighted by molar-refractivity contribution is 5.55. The maximum absolute atomic E-state index is 9.21. The van der Waals surface area contributed by atoms with Gasteiger partial charge in [-0.3, -0.25) is 0 Å². The highest BCUT2D eigenvalue weighted by Gasteiger charge is 2.25. The van der Waals surface area contributed by atoms with Crippen LogP contribution < -0.4 is 15.1 Å². The lowest BCUT2D eigenvalue weighted by Gasteiger charge is -2.19. The van der Waals surface area contributed by atoms with Gasteiger partial charge in [-0.05, 0) is 18.6 Å². The van der Waals surface area contributed by atoms with E-state index >= 15 is 0 Å². The van der Waals surface area contributed by atoms with Crippen molar-refractivity contribution in [1.29, 1.82) is 5.26 Å². The quantitative estimate of drug-likeness (QED) is 0.916. The Morgan fingerprint density at radius 1 is 1.35 bits per heavy atom. The molecule has 1 atom stereocenters. The number of nitriles is 1. The van der Waals surface area contributed by atoms with E-state index in [4.69, 9.17) is 0 Å². The van der Waals surface area contributed by atoms with E-state index in [9.17, 15) is 5.26 Å². The Hall–Kier alpha value is -2.88. The van der Waals surface area contributed by atoms with Gasteiger partial charge in [0.25, 0.3) is 0 Å². The molecule has 7 heteroatoms. The van der Waals surface area contributed by atoms with Crippen molar-refractivity contribution >= 4 is 17.5 Å². The lowest BCUT2D eigenvalue weighted by Crippen LogP contribution is -2.27. The number of rotatable bonds is 4. The first-order valence-corrected chi connectivity index (χ1v) is 7.53. The Bertz CT molecular complexity index is 722. The van der Waals surface area contributed by atoms with Crippen LogP contribution in [0.2, 0.25) is 0 Å². The van der Waals surface area contributed by atoms with E-state index < -0.39 is 0 Å². The molecule has 1 aliphatic rings. The molecule has 1 fully saturated rings. The third-order valence-electron chi connectivity index (χ3n) is 3.86. The highest BCUT2D eigenvalue weighted by atomic mass is 15.2. The first-order valence-electron chi connectivity index (χ1n) is 7.53. The summed E-state index contributed by atoms with van der Waals surface area (Å²) in [7, 11) is 3.90. The fourth-order valence-electron chi connectivity index (χ4n) is 2.69. The zero-order chi connectivity index (χ0) is 16.2. The molecule has 0 amide bonds. The molecule has 7 nitrogen and oxygen atoms in total. The van der Waals surface area contributed by atoms with Crippen LogP contribution in [-0.4, -0.2) is 48.2 Å². The number of nitrogens with zero attached hydrogens (tertiary/aromatic N) is 6. The Balaban J connectivity index is 1.69. The van der Waals surface area contributed by atoms with E-state index in [0.717, 1.165) is 37.0 Å². The molecular weight excluding hydrogens is 290 g/mol. The molecule has 2 aromatic heterocycles. The first-order chi connectivity index (χ1) is 11.2. The van der Waals surface area contributed by atoms with Gasteiger partial charge in [-0.25, -0.2) is 15.0 Å². The topological polar surface area (TPSA) is 81.0 Å². The Morgan fingerprint density at radius 2 is 2.22 bits per heavy atom. The average molecular weight is 309 g/mol. The van der Waals surface area contributed by atoms with E-state index in [2.05, 4.69) is 31.2 Å². The predicted octanol–water partition coefficient (Wildman–Crippen LogP) is 1.50. The SMILES string of the molecule is CN(C)c1cc(NC2CCN(c3ncccc3C#N)C2)ncn1.